The summed E-state index contributed by atoms with van der Waals surface area (Å²) < 4.78 is 6.05. The summed E-state index contributed by atoms with van der Waals surface area (Å²) in [5.74, 6) is 0.948. The molecule has 1 aromatic carbocycles. The van der Waals surface area contributed by atoms with Crippen LogP contribution in [0, 0.1) is 0 Å². The second kappa shape index (κ2) is 4.51. The number of rotatable bonds is 2. The predicted molar refractivity (Wildman–Crippen MR) is 69.7 cm³/mol. The zero-order valence-corrected chi connectivity index (χ0v) is 10.9. The third kappa shape index (κ3) is 2.29. The number of hydrogen-bond acceptors (Lipinski definition) is 2. The van der Waals surface area contributed by atoms with Crippen molar-refractivity contribution in [1.29, 1.82) is 0 Å². The maximum Gasteiger partial charge on any atom is 0.119 e. The van der Waals surface area contributed by atoms with E-state index < -0.39 is 0 Å². The third-order valence-corrected chi connectivity index (χ3v) is 4.42. The van der Waals surface area contributed by atoms with E-state index in [1.54, 1.807) is 0 Å². The normalized spacial score (nSPS) is 32.7. The fraction of sp³-hybridized carbons (Fsp3) is 0.571. The van der Waals surface area contributed by atoms with Gasteiger partial charge in [-0.3, -0.25) is 0 Å². The predicted octanol–water partition coefficient (Wildman–Crippen LogP) is 3.34. The lowest BCUT2D eigenvalue weighted by atomic mass is 10.0. The molecule has 2 nitrogen and oxygen atoms in total. The number of fused-ring (bicyclic) bond motifs is 2. The number of halogens is 1. The molecule has 2 fully saturated rings. The minimum absolute atomic E-state index is 0.380. The molecule has 3 rings (SSSR count). The summed E-state index contributed by atoms with van der Waals surface area (Å²) in [4.78, 5) is 2.53. The topological polar surface area (TPSA) is 12.5 Å². The Kier molecular flexibility index (Phi) is 3.01. The Labute approximate surface area is 108 Å². The molecule has 92 valence electrons. The van der Waals surface area contributed by atoms with Crippen LogP contribution in [-0.2, 0) is 0 Å². The number of piperidine rings is 1. The molecule has 0 amide bonds. The number of nitrogens with zero attached hydrogens (tertiary/aromatic N) is 1. The van der Waals surface area contributed by atoms with Crippen molar-refractivity contribution in [3.63, 3.8) is 0 Å². The monoisotopic (exact) mass is 251 g/mol. The van der Waals surface area contributed by atoms with E-state index in [1.807, 2.05) is 24.3 Å². The van der Waals surface area contributed by atoms with Gasteiger partial charge >= 0.3 is 0 Å². The molecule has 0 radical (unpaired) electrons. The molecule has 3 atom stereocenters. The Balaban J connectivity index is 1.65. The van der Waals surface area contributed by atoms with Crippen LogP contribution in [0.15, 0.2) is 24.3 Å². The van der Waals surface area contributed by atoms with Gasteiger partial charge in [0.05, 0.1) is 0 Å². The smallest absolute Gasteiger partial charge is 0.119 e. The van der Waals surface area contributed by atoms with Crippen molar-refractivity contribution in [2.24, 2.45) is 0 Å². The van der Waals surface area contributed by atoms with Gasteiger partial charge in [-0.1, -0.05) is 11.6 Å². The van der Waals surface area contributed by atoms with E-state index in [0.29, 0.717) is 6.10 Å². The molecule has 2 heterocycles. The van der Waals surface area contributed by atoms with E-state index in [0.717, 1.165) is 35.7 Å². The second-order valence-electron chi connectivity index (χ2n) is 5.22. The molecule has 2 saturated heterocycles. The highest BCUT2D eigenvalue weighted by atomic mass is 35.5. The Morgan fingerprint density at radius 2 is 1.71 bits per heavy atom. The molecule has 0 spiro atoms. The van der Waals surface area contributed by atoms with Gasteiger partial charge in [-0.25, -0.2) is 0 Å². The molecule has 0 aliphatic carbocycles. The standard InChI is InChI=1S/C14H18ClNO/c1-16-11-4-5-12(16)9-14(8-11)17-13-6-2-10(15)3-7-13/h2-3,6-7,11-12,14H,4-5,8-9H2,1H3/t11-,12+,14?. The lowest BCUT2D eigenvalue weighted by Gasteiger charge is -2.36. The minimum Gasteiger partial charge on any atom is -0.490 e. The van der Waals surface area contributed by atoms with Crippen molar-refractivity contribution in [3.05, 3.63) is 29.3 Å². The van der Waals surface area contributed by atoms with Crippen LogP contribution in [0.1, 0.15) is 25.7 Å². The molecule has 0 N–H and O–H groups in total. The van der Waals surface area contributed by atoms with Crippen molar-refractivity contribution in [2.45, 2.75) is 43.9 Å². The van der Waals surface area contributed by atoms with Crippen molar-refractivity contribution >= 4 is 11.6 Å². The number of ether oxygens (including phenoxy) is 1. The van der Waals surface area contributed by atoms with Crippen LogP contribution in [0.25, 0.3) is 0 Å². The average molecular weight is 252 g/mol. The summed E-state index contributed by atoms with van der Waals surface area (Å²) in [5, 5.41) is 0.765. The first-order valence-electron chi connectivity index (χ1n) is 6.36. The molecule has 2 aliphatic heterocycles. The third-order valence-electron chi connectivity index (χ3n) is 4.17. The van der Waals surface area contributed by atoms with Gasteiger partial charge in [-0.15, -0.1) is 0 Å². The quantitative estimate of drug-likeness (QED) is 0.799. The zero-order chi connectivity index (χ0) is 11.8. The SMILES string of the molecule is CN1[C@@H]2CC[C@H]1CC(Oc1ccc(Cl)cc1)C2. The van der Waals surface area contributed by atoms with E-state index in [9.17, 15) is 0 Å². The Morgan fingerprint density at radius 3 is 2.29 bits per heavy atom. The Hall–Kier alpha value is -0.730. The van der Waals surface area contributed by atoms with Crippen molar-refractivity contribution in [2.75, 3.05) is 7.05 Å². The first-order chi connectivity index (χ1) is 8.22. The molecular weight excluding hydrogens is 234 g/mol. The van der Waals surface area contributed by atoms with Crippen LogP contribution in [-0.4, -0.2) is 30.1 Å². The molecule has 17 heavy (non-hydrogen) atoms. The van der Waals surface area contributed by atoms with Gasteiger partial charge in [0.1, 0.15) is 11.9 Å². The highest BCUT2D eigenvalue weighted by Gasteiger charge is 2.39. The summed E-state index contributed by atoms with van der Waals surface area (Å²) in [6.07, 6.45) is 5.37. The summed E-state index contributed by atoms with van der Waals surface area (Å²) in [6.45, 7) is 0. The molecule has 1 unspecified atom stereocenters. The van der Waals surface area contributed by atoms with Gasteiger partial charge in [0.25, 0.3) is 0 Å². The molecule has 0 aromatic heterocycles. The highest BCUT2D eigenvalue weighted by molar-refractivity contribution is 6.30. The van der Waals surface area contributed by atoms with Gasteiger partial charge in [-0.2, -0.15) is 0 Å². The van der Waals surface area contributed by atoms with Gasteiger partial charge in [0.15, 0.2) is 0 Å². The zero-order valence-electron chi connectivity index (χ0n) is 10.1. The van der Waals surface area contributed by atoms with Crippen LogP contribution in [0.3, 0.4) is 0 Å². The lowest BCUT2D eigenvalue weighted by Crippen LogP contribution is -2.43. The fourth-order valence-electron chi connectivity index (χ4n) is 3.16. The first kappa shape index (κ1) is 11.4. The van der Waals surface area contributed by atoms with Crippen LogP contribution < -0.4 is 4.74 Å². The van der Waals surface area contributed by atoms with Crippen molar-refractivity contribution in [3.8, 4) is 5.75 Å². The highest BCUT2D eigenvalue weighted by Crippen LogP contribution is 2.35. The molecule has 3 heteroatoms. The Morgan fingerprint density at radius 1 is 1.12 bits per heavy atom. The van der Waals surface area contributed by atoms with Crippen molar-refractivity contribution < 1.29 is 4.74 Å². The molecule has 2 aliphatic rings. The summed E-state index contributed by atoms with van der Waals surface area (Å²) in [6, 6.07) is 9.16. The molecule has 2 bridgehead atoms. The summed E-state index contributed by atoms with van der Waals surface area (Å²) in [5.41, 5.74) is 0. The largest absolute Gasteiger partial charge is 0.490 e. The molecule has 1 aromatic rings. The van der Waals surface area contributed by atoms with E-state index in [1.165, 1.54) is 12.8 Å². The van der Waals surface area contributed by atoms with Gasteiger partial charge in [0.2, 0.25) is 0 Å². The van der Waals surface area contributed by atoms with E-state index in [2.05, 4.69) is 11.9 Å². The van der Waals surface area contributed by atoms with E-state index in [-0.39, 0.29) is 0 Å². The molecule has 0 saturated carbocycles. The van der Waals surface area contributed by atoms with Gasteiger partial charge in [0, 0.05) is 17.1 Å². The van der Waals surface area contributed by atoms with Crippen LogP contribution in [0.4, 0.5) is 0 Å². The van der Waals surface area contributed by atoms with Crippen LogP contribution in [0.2, 0.25) is 5.02 Å². The Bertz CT molecular complexity index is 378. The minimum atomic E-state index is 0.380. The number of benzene rings is 1. The summed E-state index contributed by atoms with van der Waals surface area (Å²) in [7, 11) is 2.25. The van der Waals surface area contributed by atoms with Gasteiger partial charge in [-0.05, 0) is 57.0 Å². The number of hydrogen-bond donors (Lipinski definition) is 0. The second-order valence-corrected chi connectivity index (χ2v) is 5.65. The van der Waals surface area contributed by atoms with Crippen LogP contribution >= 0.6 is 11.6 Å². The molecular formula is C14H18ClNO. The maximum absolute atomic E-state index is 6.05. The van der Waals surface area contributed by atoms with E-state index in [4.69, 9.17) is 16.3 Å². The van der Waals surface area contributed by atoms with Crippen molar-refractivity contribution in [1.82, 2.24) is 4.90 Å². The summed E-state index contributed by atoms with van der Waals surface area (Å²) >= 11 is 5.87. The van der Waals surface area contributed by atoms with E-state index >= 15 is 0 Å². The lowest BCUT2D eigenvalue weighted by molar-refractivity contribution is 0.0662. The van der Waals surface area contributed by atoms with Crippen LogP contribution in [0.5, 0.6) is 5.75 Å². The first-order valence-corrected chi connectivity index (χ1v) is 6.74. The maximum atomic E-state index is 6.05. The van der Waals surface area contributed by atoms with Gasteiger partial charge < -0.3 is 9.64 Å². The fourth-order valence-corrected chi connectivity index (χ4v) is 3.29. The average Bonchev–Trinajstić information content (AvgIpc) is 2.55.